The van der Waals surface area contributed by atoms with Crippen molar-refractivity contribution >= 4 is 22.9 Å². The van der Waals surface area contributed by atoms with Crippen LogP contribution in [0.15, 0.2) is 11.4 Å². The Morgan fingerprint density at radius 1 is 1.58 bits per heavy atom. The molecule has 0 radical (unpaired) electrons. The molecule has 1 nitrogen and oxygen atoms in total. The molecule has 1 heterocycles. The molecule has 12 heavy (non-hydrogen) atoms. The largest absolute Gasteiger partial charge is 0.395 e. The quantitative estimate of drug-likeness (QED) is 0.782. The van der Waals surface area contributed by atoms with E-state index in [1.165, 1.54) is 11.3 Å². The van der Waals surface area contributed by atoms with Gasteiger partial charge in [0.25, 0.3) is 0 Å². The summed E-state index contributed by atoms with van der Waals surface area (Å²) in [7, 11) is 0. The Labute approximate surface area is 81.0 Å². The predicted molar refractivity (Wildman–Crippen MR) is 51.9 cm³/mol. The number of rotatable bonds is 2. The summed E-state index contributed by atoms with van der Waals surface area (Å²) >= 11 is 7.68. The molecule has 0 spiro atoms. The molecule has 1 saturated carbocycles. The van der Waals surface area contributed by atoms with Crippen LogP contribution in [0.25, 0.3) is 0 Å². The van der Waals surface area contributed by atoms with E-state index >= 15 is 0 Å². The molecule has 2 rings (SSSR count). The van der Waals surface area contributed by atoms with Gasteiger partial charge in [0.15, 0.2) is 0 Å². The van der Waals surface area contributed by atoms with Gasteiger partial charge >= 0.3 is 0 Å². The van der Waals surface area contributed by atoms with Crippen LogP contribution >= 0.6 is 22.9 Å². The maximum atomic E-state index is 9.28. The van der Waals surface area contributed by atoms with E-state index in [9.17, 15) is 5.11 Å². The van der Waals surface area contributed by atoms with Crippen molar-refractivity contribution in [1.82, 2.24) is 0 Å². The van der Waals surface area contributed by atoms with Gasteiger partial charge < -0.3 is 5.11 Å². The highest BCUT2D eigenvalue weighted by Gasteiger charge is 2.40. The second-order valence-corrected chi connectivity index (χ2v) is 4.71. The molecule has 1 aliphatic rings. The fourth-order valence-electron chi connectivity index (χ4n) is 1.73. The Morgan fingerprint density at radius 3 is 2.67 bits per heavy atom. The lowest BCUT2D eigenvalue weighted by molar-refractivity contribution is 0.123. The van der Waals surface area contributed by atoms with Crippen molar-refractivity contribution in [2.45, 2.75) is 24.7 Å². The smallest absolute Gasteiger partial charge is 0.0551 e. The van der Waals surface area contributed by atoms with E-state index < -0.39 is 0 Å². The van der Waals surface area contributed by atoms with Crippen LogP contribution in [0.2, 0.25) is 5.02 Å². The zero-order valence-electron chi connectivity index (χ0n) is 6.72. The molecule has 1 aliphatic carbocycles. The molecule has 0 amide bonds. The second kappa shape index (κ2) is 3.02. The van der Waals surface area contributed by atoms with Crippen molar-refractivity contribution in [2.24, 2.45) is 0 Å². The molecule has 0 saturated heterocycles. The molecular formula is C9H11ClOS. The van der Waals surface area contributed by atoms with Crippen molar-refractivity contribution in [2.75, 3.05) is 6.61 Å². The normalized spacial score (nSPS) is 20.5. The first-order chi connectivity index (χ1) is 5.78. The van der Waals surface area contributed by atoms with Gasteiger partial charge in [0.1, 0.15) is 0 Å². The van der Waals surface area contributed by atoms with Crippen LogP contribution in [0.4, 0.5) is 0 Å². The van der Waals surface area contributed by atoms with Gasteiger partial charge in [-0.3, -0.25) is 0 Å². The zero-order valence-corrected chi connectivity index (χ0v) is 8.29. The van der Waals surface area contributed by atoms with E-state index in [0.717, 1.165) is 17.9 Å². The molecule has 0 atom stereocenters. The first-order valence-electron chi connectivity index (χ1n) is 4.13. The standard InChI is InChI=1S/C9H11ClOS/c10-7-2-5-12-8(7)9(6-11)3-1-4-9/h2,5,11H,1,3-4,6H2. The van der Waals surface area contributed by atoms with Crippen LogP contribution in [-0.2, 0) is 5.41 Å². The fraction of sp³-hybridized carbons (Fsp3) is 0.556. The molecule has 0 aromatic carbocycles. The van der Waals surface area contributed by atoms with Gasteiger partial charge in [0.2, 0.25) is 0 Å². The van der Waals surface area contributed by atoms with Gasteiger partial charge in [-0.05, 0) is 24.3 Å². The number of hydrogen-bond donors (Lipinski definition) is 1. The average Bonchev–Trinajstić information content (AvgIpc) is 2.36. The summed E-state index contributed by atoms with van der Waals surface area (Å²) in [4.78, 5) is 1.18. The molecule has 1 N–H and O–H groups in total. The van der Waals surface area contributed by atoms with E-state index in [2.05, 4.69) is 0 Å². The Balaban J connectivity index is 2.33. The number of aliphatic hydroxyl groups excluding tert-OH is 1. The highest BCUT2D eigenvalue weighted by atomic mass is 35.5. The Hall–Kier alpha value is -0.0500. The van der Waals surface area contributed by atoms with Crippen molar-refractivity contribution in [1.29, 1.82) is 0 Å². The lowest BCUT2D eigenvalue weighted by Crippen LogP contribution is -2.37. The minimum absolute atomic E-state index is 0.0191. The van der Waals surface area contributed by atoms with Gasteiger partial charge in [-0.1, -0.05) is 18.0 Å². The molecular weight excluding hydrogens is 192 g/mol. The summed E-state index contributed by atoms with van der Waals surface area (Å²) in [5.41, 5.74) is 0.0191. The molecule has 3 heteroatoms. The predicted octanol–water partition coefficient (Wildman–Crippen LogP) is 2.82. The second-order valence-electron chi connectivity index (χ2n) is 3.39. The first kappa shape index (κ1) is 8.54. The maximum absolute atomic E-state index is 9.28. The lowest BCUT2D eigenvalue weighted by atomic mass is 9.68. The van der Waals surface area contributed by atoms with E-state index in [1.54, 1.807) is 11.3 Å². The van der Waals surface area contributed by atoms with E-state index in [4.69, 9.17) is 11.6 Å². The minimum Gasteiger partial charge on any atom is -0.395 e. The summed E-state index contributed by atoms with van der Waals surface area (Å²) in [6.45, 7) is 0.243. The van der Waals surface area contributed by atoms with Crippen molar-refractivity contribution < 1.29 is 5.11 Å². The van der Waals surface area contributed by atoms with E-state index in [0.29, 0.717) is 0 Å². The SMILES string of the molecule is OCC1(c2sccc2Cl)CCC1. The minimum atomic E-state index is 0.0191. The summed E-state index contributed by atoms with van der Waals surface area (Å²) in [5.74, 6) is 0. The monoisotopic (exact) mass is 202 g/mol. The molecule has 1 aromatic rings. The summed E-state index contributed by atoms with van der Waals surface area (Å²) < 4.78 is 0. The van der Waals surface area contributed by atoms with Crippen LogP contribution in [-0.4, -0.2) is 11.7 Å². The highest BCUT2D eigenvalue weighted by molar-refractivity contribution is 7.10. The Bertz CT molecular complexity index is 272. The molecule has 1 fully saturated rings. The highest BCUT2D eigenvalue weighted by Crippen LogP contribution is 2.47. The number of thiophene rings is 1. The van der Waals surface area contributed by atoms with Crippen molar-refractivity contribution in [3.63, 3.8) is 0 Å². The summed E-state index contributed by atoms with van der Waals surface area (Å²) in [6.07, 6.45) is 3.39. The molecule has 0 unspecified atom stereocenters. The summed E-state index contributed by atoms with van der Waals surface area (Å²) in [5, 5.41) is 12.1. The average molecular weight is 203 g/mol. The van der Waals surface area contributed by atoms with Gasteiger partial charge in [-0.2, -0.15) is 0 Å². The third-order valence-corrected chi connectivity index (χ3v) is 4.30. The van der Waals surface area contributed by atoms with Gasteiger partial charge in [0, 0.05) is 10.3 Å². The van der Waals surface area contributed by atoms with Crippen molar-refractivity contribution in [3.05, 3.63) is 21.3 Å². The topological polar surface area (TPSA) is 20.2 Å². The van der Waals surface area contributed by atoms with Crippen molar-refractivity contribution in [3.8, 4) is 0 Å². The lowest BCUT2D eigenvalue weighted by Gasteiger charge is -2.39. The molecule has 66 valence electrons. The van der Waals surface area contributed by atoms with Crippen LogP contribution < -0.4 is 0 Å². The molecule has 1 aromatic heterocycles. The third-order valence-electron chi connectivity index (χ3n) is 2.71. The van der Waals surface area contributed by atoms with Gasteiger partial charge in [-0.25, -0.2) is 0 Å². The number of hydrogen-bond acceptors (Lipinski definition) is 2. The Morgan fingerprint density at radius 2 is 2.33 bits per heavy atom. The number of aliphatic hydroxyl groups is 1. The first-order valence-corrected chi connectivity index (χ1v) is 5.39. The van der Waals surface area contributed by atoms with Crippen LogP contribution in [0, 0.1) is 0 Å². The number of halogens is 1. The summed E-state index contributed by atoms with van der Waals surface area (Å²) in [6, 6.07) is 1.91. The maximum Gasteiger partial charge on any atom is 0.0551 e. The van der Waals surface area contributed by atoms with Crippen LogP contribution in [0.1, 0.15) is 24.1 Å². The fourth-order valence-corrected chi connectivity index (χ4v) is 3.24. The van der Waals surface area contributed by atoms with Gasteiger partial charge in [-0.15, -0.1) is 11.3 Å². The van der Waals surface area contributed by atoms with E-state index in [-0.39, 0.29) is 12.0 Å². The Kier molecular flexibility index (Phi) is 2.15. The zero-order chi connectivity index (χ0) is 8.60. The molecule has 0 aliphatic heterocycles. The van der Waals surface area contributed by atoms with Crippen LogP contribution in [0.5, 0.6) is 0 Å². The van der Waals surface area contributed by atoms with Crippen LogP contribution in [0.3, 0.4) is 0 Å². The third kappa shape index (κ3) is 1.10. The van der Waals surface area contributed by atoms with Gasteiger partial charge in [0.05, 0.1) is 11.6 Å². The van der Waals surface area contributed by atoms with E-state index in [1.807, 2.05) is 11.4 Å². The molecule has 0 bridgehead atoms.